The van der Waals surface area contributed by atoms with Crippen molar-refractivity contribution in [2.75, 3.05) is 32.1 Å². The van der Waals surface area contributed by atoms with Gasteiger partial charge >= 0.3 is 0 Å². The topological polar surface area (TPSA) is 75.7 Å². The lowest BCUT2D eigenvalue weighted by Gasteiger charge is -2.22. The molecule has 27 heavy (non-hydrogen) atoms. The van der Waals surface area contributed by atoms with Crippen LogP contribution in [0.5, 0.6) is 0 Å². The molecule has 0 saturated heterocycles. The van der Waals surface area contributed by atoms with Gasteiger partial charge in [-0.05, 0) is 49.2 Å². The molecule has 0 aromatic heterocycles. The smallest absolute Gasteiger partial charge is 0.243 e. The summed E-state index contributed by atoms with van der Waals surface area (Å²) in [6.07, 6.45) is 0. The first-order valence-electron chi connectivity index (χ1n) is 8.36. The zero-order chi connectivity index (χ0) is 20.0. The molecule has 0 bridgehead atoms. The predicted octanol–water partition coefficient (Wildman–Crippen LogP) is 3.34. The molecule has 1 amide bonds. The summed E-state index contributed by atoms with van der Waals surface area (Å²) in [7, 11) is -2.35. The van der Waals surface area contributed by atoms with E-state index in [1.165, 1.54) is 19.2 Å². The Kier molecular flexibility index (Phi) is 7.55. The number of ether oxygens (including phenoxy) is 1. The number of aryl methyl sites for hydroxylation is 1. The Morgan fingerprint density at radius 2 is 1.89 bits per heavy atom. The molecule has 0 atom stereocenters. The van der Waals surface area contributed by atoms with Gasteiger partial charge < -0.3 is 10.1 Å². The predicted molar refractivity (Wildman–Crippen MR) is 109 cm³/mol. The fourth-order valence-corrected chi connectivity index (χ4v) is 4.47. The van der Waals surface area contributed by atoms with Crippen molar-refractivity contribution in [3.63, 3.8) is 0 Å². The van der Waals surface area contributed by atoms with E-state index in [0.717, 1.165) is 15.4 Å². The third-order valence-corrected chi connectivity index (χ3v) is 6.51. The molecule has 0 unspecified atom stereocenters. The number of benzene rings is 2. The van der Waals surface area contributed by atoms with Gasteiger partial charge in [0.05, 0.1) is 18.0 Å². The maximum atomic E-state index is 13.0. The minimum absolute atomic E-state index is 0.0750. The van der Waals surface area contributed by atoms with Gasteiger partial charge in [-0.1, -0.05) is 34.1 Å². The van der Waals surface area contributed by atoms with Gasteiger partial charge in [0.2, 0.25) is 15.9 Å². The fraction of sp³-hybridized carbons (Fsp3) is 0.316. The lowest BCUT2D eigenvalue weighted by Crippen LogP contribution is -2.40. The second-order valence-electron chi connectivity index (χ2n) is 6.08. The summed E-state index contributed by atoms with van der Waals surface area (Å²) in [6, 6.07) is 12.0. The number of carbonyl (C=O) groups is 1. The number of sulfonamides is 1. The van der Waals surface area contributed by atoms with Gasteiger partial charge in [-0.15, -0.1) is 0 Å². The number of nitrogens with zero attached hydrogens (tertiary/aromatic N) is 1. The molecule has 6 nitrogen and oxygen atoms in total. The largest absolute Gasteiger partial charge is 0.383 e. The van der Waals surface area contributed by atoms with Gasteiger partial charge in [0.25, 0.3) is 0 Å². The third kappa shape index (κ3) is 5.62. The number of methoxy groups -OCH3 is 1. The van der Waals surface area contributed by atoms with Crippen LogP contribution in [0.4, 0.5) is 5.69 Å². The molecule has 0 aliphatic heterocycles. The fourth-order valence-electron chi connectivity index (χ4n) is 2.49. The van der Waals surface area contributed by atoms with E-state index in [4.69, 9.17) is 4.74 Å². The van der Waals surface area contributed by atoms with Crippen molar-refractivity contribution in [2.24, 2.45) is 0 Å². The quantitative estimate of drug-likeness (QED) is 0.663. The maximum Gasteiger partial charge on any atom is 0.243 e. The van der Waals surface area contributed by atoms with Crippen molar-refractivity contribution in [1.82, 2.24) is 4.31 Å². The van der Waals surface area contributed by atoms with Crippen LogP contribution in [0.1, 0.15) is 11.1 Å². The van der Waals surface area contributed by atoms with Gasteiger partial charge in [-0.25, -0.2) is 8.42 Å². The zero-order valence-electron chi connectivity index (χ0n) is 15.5. The Labute approximate surface area is 168 Å². The minimum atomic E-state index is -3.84. The van der Waals surface area contributed by atoms with E-state index in [-0.39, 0.29) is 24.6 Å². The third-order valence-electron chi connectivity index (χ3n) is 4.18. The highest BCUT2D eigenvalue weighted by molar-refractivity contribution is 9.10. The first kappa shape index (κ1) is 21.6. The highest BCUT2D eigenvalue weighted by atomic mass is 79.9. The van der Waals surface area contributed by atoms with Crippen LogP contribution in [-0.4, -0.2) is 45.4 Å². The van der Waals surface area contributed by atoms with E-state index in [2.05, 4.69) is 21.2 Å². The normalized spacial score (nSPS) is 11.6. The lowest BCUT2D eigenvalue weighted by molar-refractivity contribution is -0.116. The average Bonchev–Trinajstić information content (AvgIpc) is 2.62. The van der Waals surface area contributed by atoms with E-state index in [9.17, 15) is 13.2 Å². The molecule has 0 saturated carbocycles. The van der Waals surface area contributed by atoms with Crippen molar-refractivity contribution < 1.29 is 17.9 Å². The number of nitrogens with one attached hydrogen (secondary N) is 1. The lowest BCUT2D eigenvalue weighted by atomic mass is 10.1. The number of halogens is 1. The van der Waals surface area contributed by atoms with Crippen molar-refractivity contribution in [2.45, 2.75) is 18.7 Å². The van der Waals surface area contributed by atoms with Crippen LogP contribution in [-0.2, 0) is 19.6 Å². The summed E-state index contributed by atoms with van der Waals surface area (Å²) in [5.74, 6) is -0.404. The molecule has 2 aromatic rings. The van der Waals surface area contributed by atoms with Crippen molar-refractivity contribution in [3.05, 3.63) is 58.1 Å². The van der Waals surface area contributed by atoms with Crippen LogP contribution in [0, 0.1) is 13.8 Å². The van der Waals surface area contributed by atoms with E-state index < -0.39 is 15.9 Å². The molecule has 0 heterocycles. The van der Waals surface area contributed by atoms with Crippen molar-refractivity contribution >= 4 is 37.5 Å². The van der Waals surface area contributed by atoms with Gasteiger partial charge in [-0.3, -0.25) is 4.79 Å². The summed E-state index contributed by atoms with van der Waals surface area (Å²) in [4.78, 5) is 12.6. The monoisotopic (exact) mass is 454 g/mol. The molecular weight excluding hydrogens is 432 g/mol. The maximum absolute atomic E-state index is 13.0. The second-order valence-corrected chi connectivity index (χ2v) is 8.94. The Morgan fingerprint density at radius 1 is 1.19 bits per heavy atom. The Bertz CT molecular complexity index is 916. The summed E-state index contributed by atoms with van der Waals surface area (Å²) in [5, 5.41) is 2.80. The van der Waals surface area contributed by atoms with Gasteiger partial charge in [0.15, 0.2) is 0 Å². The summed E-state index contributed by atoms with van der Waals surface area (Å²) in [5.41, 5.74) is 2.67. The molecule has 146 valence electrons. The summed E-state index contributed by atoms with van der Waals surface area (Å²) >= 11 is 3.28. The van der Waals surface area contributed by atoms with E-state index in [1.54, 1.807) is 18.2 Å². The SMILES string of the molecule is COCCN(CC(=O)Nc1cccc(C)c1C)S(=O)(=O)c1cccc(Br)c1. The van der Waals surface area contributed by atoms with Crippen LogP contribution in [0.2, 0.25) is 0 Å². The standard InChI is InChI=1S/C19H23BrN2O4S/c1-14-6-4-9-18(15(14)2)21-19(23)13-22(10-11-26-3)27(24,25)17-8-5-7-16(20)12-17/h4-9,12H,10-11,13H2,1-3H3,(H,21,23). The molecule has 0 fully saturated rings. The van der Waals surface area contributed by atoms with Crippen LogP contribution in [0.15, 0.2) is 51.8 Å². The number of amides is 1. The van der Waals surface area contributed by atoms with Crippen LogP contribution in [0.25, 0.3) is 0 Å². The van der Waals surface area contributed by atoms with Gasteiger partial charge in [0, 0.05) is 23.8 Å². The van der Waals surface area contributed by atoms with Crippen molar-refractivity contribution in [3.8, 4) is 0 Å². The van der Waals surface area contributed by atoms with Crippen LogP contribution < -0.4 is 5.32 Å². The average molecular weight is 455 g/mol. The second kappa shape index (κ2) is 9.45. The minimum Gasteiger partial charge on any atom is -0.383 e. The van der Waals surface area contributed by atoms with Crippen LogP contribution >= 0.6 is 15.9 Å². The number of carbonyl (C=O) groups excluding carboxylic acids is 1. The Morgan fingerprint density at radius 3 is 2.56 bits per heavy atom. The molecular formula is C19H23BrN2O4S. The molecule has 0 radical (unpaired) electrons. The van der Waals surface area contributed by atoms with Gasteiger partial charge in [0.1, 0.15) is 0 Å². The van der Waals surface area contributed by atoms with E-state index in [0.29, 0.717) is 10.2 Å². The highest BCUT2D eigenvalue weighted by Gasteiger charge is 2.26. The molecule has 8 heteroatoms. The first-order valence-corrected chi connectivity index (χ1v) is 10.6. The number of hydrogen-bond donors (Lipinski definition) is 1. The molecule has 2 rings (SSSR count). The first-order chi connectivity index (χ1) is 12.8. The zero-order valence-corrected chi connectivity index (χ0v) is 17.9. The highest BCUT2D eigenvalue weighted by Crippen LogP contribution is 2.21. The molecule has 1 N–H and O–H groups in total. The van der Waals surface area contributed by atoms with Crippen LogP contribution in [0.3, 0.4) is 0 Å². The number of anilines is 1. The molecule has 2 aromatic carbocycles. The Hall–Kier alpha value is -1.74. The van der Waals surface area contributed by atoms with Crippen molar-refractivity contribution in [1.29, 1.82) is 0 Å². The molecule has 0 aliphatic rings. The molecule has 0 aliphatic carbocycles. The van der Waals surface area contributed by atoms with E-state index in [1.807, 2.05) is 26.0 Å². The summed E-state index contributed by atoms with van der Waals surface area (Å²) in [6.45, 7) is 3.82. The Balaban J connectivity index is 2.23. The van der Waals surface area contributed by atoms with Gasteiger partial charge in [-0.2, -0.15) is 4.31 Å². The number of hydrogen-bond acceptors (Lipinski definition) is 4. The summed E-state index contributed by atoms with van der Waals surface area (Å²) < 4.78 is 32.7. The molecule has 0 spiro atoms. The number of rotatable bonds is 8. The van der Waals surface area contributed by atoms with E-state index >= 15 is 0 Å².